The minimum atomic E-state index is -0.597. The summed E-state index contributed by atoms with van der Waals surface area (Å²) >= 11 is 0. The summed E-state index contributed by atoms with van der Waals surface area (Å²) in [5.74, 6) is -0.222. The minimum absolute atomic E-state index is 0.194. The zero-order valence-corrected chi connectivity index (χ0v) is 15.8. The van der Waals surface area contributed by atoms with Gasteiger partial charge in [0, 0.05) is 42.3 Å². The van der Waals surface area contributed by atoms with E-state index in [2.05, 4.69) is 16.0 Å². The number of hydrogen-bond donors (Lipinski definition) is 3. The molecule has 2 aromatic carbocycles. The van der Waals surface area contributed by atoms with E-state index in [-0.39, 0.29) is 12.4 Å². The molecule has 0 saturated heterocycles. The van der Waals surface area contributed by atoms with Gasteiger partial charge in [-0.1, -0.05) is 24.3 Å². The van der Waals surface area contributed by atoms with E-state index in [1.165, 1.54) is 17.1 Å². The number of halogens is 1. The Bertz CT molecular complexity index is 1040. The molecule has 6 nitrogen and oxygen atoms in total. The van der Waals surface area contributed by atoms with Gasteiger partial charge in [0.2, 0.25) is 0 Å². The fraction of sp³-hybridized carbons (Fsp3) is 0.227. The van der Waals surface area contributed by atoms with E-state index in [1.807, 2.05) is 24.4 Å². The number of aromatic amines is 1. The van der Waals surface area contributed by atoms with E-state index < -0.39 is 5.91 Å². The molecule has 4 rings (SSSR count). The second-order valence-corrected chi connectivity index (χ2v) is 7.05. The predicted molar refractivity (Wildman–Crippen MR) is 108 cm³/mol. The molecule has 0 fully saturated rings. The number of hydrogen-bond acceptors (Lipinski definition) is 4. The van der Waals surface area contributed by atoms with Crippen molar-refractivity contribution < 1.29 is 19.1 Å². The van der Waals surface area contributed by atoms with E-state index >= 15 is 0 Å². The van der Waals surface area contributed by atoms with Crippen molar-refractivity contribution in [2.24, 2.45) is 0 Å². The summed E-state index contributed by atoms with van der Waals surface area (Å²) in [5.41, 5.74) is 5.61. The number of carbonyl (C=O) groups excluding carboxylic acids is 1. The first kappa shape index (κ1) is 19.2. The van der Waals surface area contributed by atoms with Crippen LogP contribution >= 0.6 is 0 Å². The Morgan fingerprint density at radius 2 is 2.07 bits per heavy atom. The summed E-state index contributed by atoms with van der Waals surface area (Å²) in [6.45, 7) is 2.25. The van der Waals surface area contributed by atoms with Crippen LogP contribution in [0.2, 0.25) is 0 Å². The molecule has 2 heterocycles. The average molecular weight is 395 g/mol. The highest BCUT2D eigenvalue weighted by atomic mass is 19.1. The predicted octanol–water partition coefficient (Wildman–Crippen LogP) is 3.48. The molecule has 1 aliphatic heterocycles. The van der Waals surface area contributed by atoms with Crippen molar-refractivity contribution >= 4 is 22.4 Å². The second kappa shape index (κ2) is 8.46. The van der Waals surface area contributed by atoms with Crippen LogP contribution in [0.5, 0.6) is 5.75 Å². The molecule has 3 N–H and O–H groups in total. The number of amides is 1. The van der Waals surface area contributed by atoms with Crippen LogP contribution in [0.15, 0.2) is 54.7 Å². The van der Waals surface area contributed by atoms with Gasteiger partial charge in [-0.15, -0.1) is 0 Å². The maximum Gasteiger partial charge on any atom is 0.281 e. The van der Waals surface area contributed by atoms with E-state index in [1.54, 1.807) is 18.2 Å². The van der Waals surface area contributed by atoms with Crippen molar-refractivity contribution in [3.05, 3.63) is 71.7 Å². The Hall–Kier alpha value is -3.16. The Kier molecular flexibility index (Phi) is 5.59. The molecule has 0 spiro atoms. The summed E-state index contributed by atoms with van der Waals surface area (Å²) < 4.78 is 19.5. The molecule has 0 radical (unpaired) electrons. The van der Waals surface area contributed by atoms with Crippen LogP contribution in [0.3, 0.4) is 0 Å². The van der Waals surface area contributed by atoms with Gasteiger partial charge in [0.1, 0.15) is 11.6 Å². The van der Waals surface area contributed by atoms with E-state index in [4.69, 9.17) is 9.94 Å². The van der Waals surface area contributed by atoms with Gasteiger partial charge in [-0.3, -0.25) is 14.9 Å². The number of rotatable bonds is 6. The molecule has 1 aromatic heterocycles. The summed E-state index contributed by atoms with van der Waals surface area (Å²) in [6, 6.07) is 12.6. The molecular formula is C22H22FN3O3. The lowest BCUT2D eigenvalue weighted by atomic mass is 9.98. The maximum atomic E-state index is 14.2. The number of hydroxylamine groups is 1. The molecule has 0 atom stereocenters. The number of carbonyl (C=O) groups is 1. The van der Waals surface area contributed by atoms with Crippen molar-refractivity contribution in [1.82, 2.24) is 15.4 Å². The fourth-order valence-corrected chi connectivity index (χ4v) is 3.62. The molecule has 0 aliphatic carbocycles. The summed E-state index contributed by atoms with van der Waals surface area (Å²) in [4.78, 5) is 16.5. The fourth-order valence-electron chi connectivity index (χ4n) is 3.62. The lowest BCUT2D eigenvalue weighted by Crippen LogP contribution is -2.28. The van der Waals surface area contributed by atoms with Crippen LogP contribution < -0.4 is 10.2 Å². The van der Waals surface area contributed by atoms with E-state index in [0.29, 0.717) is 11.1 Å². The van der Waals surface area contributed by atoms with Gasteiger partial charge in [-0.2, -0.15) is 0 Å². The van der Waals surface area contributed by atoms with E-state index in [0.717, 1.165) is 42.7 Å². The first-order chi connectivity index (χ1) is 14.1. The van der Waals surface area contributed by atoms with Gasteiger partial charge in [0.15, 0.2) is 6.61 Å². The molecule has 0 bridgehead atoms. The Morgan fingerprint density at radius 1 is 1.24 bits per heavy atom. The molecule has 150 valence electrons. The number of nitrogens with one attached hydrogen (secondary N) is 2. The molecule has 1 aliphatic rings. The smallest absolute Gasteiger partial charge is 0.281 e. The SMILES string of the molecule is O=C(COc1ccc(CN2CC=C(c3c[nH]c4cccc(F)c34)CC2)cc1)NO. The van der Waals surface area contributed by atoms with Crippen molar-refractivity contribution in [3.63, 3.8) is 0 Å². The molecule has 1 amide bonds. The largest absolute Gasteiger partial charge is 0.484 e. The summed E-state index contributed by atoms with van der Waals surface area (Å²) in [6.07, 6.45) is 4.92. The minimum Gasteiger partial charge on any atom is -0.484 e. The van der Waals surface area contributed by atoms with Crippen molar-refractivity contribution in [1.29, 1.82) is 0 Å². The molecular weight excluding hydrogens is 373 g/mol. The number of benzene rings is 2. The lowest BCUT2D eigenvalue weighted by Gasteiger charge is -2.26. The molecule has 29 heavy (non-hydrogen) atoms. The van der Waals surface area contributed by atoms with Crippen LogP contribution in [-0.2, 0) is 11.3 Å². The zero-order chi connectivity index (χ0) is 20.2. The van der Waals surface area contributed by atoms with E-state index in [9.17, 15) is 9.18 Å². The Labute approximate surface area is 167 Å². The average Bonchev–Trinajstić information content (AvgIpc) is 3.19. The van der Waals surface area contributed by atoms with Crippen LogP contribution in [0.25, 0.3) is 16.5 Å². The number of nitrogens with zero attached hydrogens (tertiary/aromatic N) is 1. The third-order valence-electron chi connectivity index (χ3n) is 5.12. The van der Waals surface area contributed by atoms with Crippen LogP contribution in [-0.4, -0.2) is 40.7 Å². The first-order valence-corrected chi connectivity index (χ1v) is 9.46. The quantitative estimate of drug-likeness (QED) is 0.441. The Morgan fingerprint density at radius 3 is 2.79 bits per heavy atom. The van der Waals surface area contributed by atoms with Crippen molar-refractivity contribution in [3.8, 4) is 5.75 Å². The third-order valence-corrected chi connectivity index (χ3v) is 5.12. The lowest BCUT2D eigenvalue weighted by molar-refractivity contribution is -0.131. The first-order valence-electron chi connectivity index (χ1n) is 9.46. The van der Waals surface area contributed by atoms with Crippen molar-refractivity contribution in [2.45, 2.75) is 13.0 Å². The van der Waals surface area contributed by atoms with Gasteiger partial charge in [0.25, 0.3) is 5.91 Å². The monoisotopic (exact) mass is 395 g/mol. The van der Waals surface area contributed by atoms with Gasteiger partial charge in [-0.05, 0) is 41.8 Å². The molecule has 0 saturated carbocycles. The van der Waals surface area contributed by atoms with Crippen LogP contribution in [0, 0.1) is 5.82 Å². The van der Waals surface area contributed by atoms with Gasteiger partial charge in [0.05, 0.1) is 0 Å². The highest BCUT2D eigenvalue weighted by Gasteiger charge is 2.17. The van der Waals surface area contributed by atoms with Gasteiger partial charge in [-0.25, -0.2) is 9.87 Å². The normalized spacial score (nSPS) is 14.6. The molecule has 0 unspecified atom stereocenters. The van der Waals surface area contributed by atoms with Crippen LogP contribution in [0.4, 0.5) is 4.39 Å². The molecule has 3 aromatic rings. The zero-order valence-electron chi connectivity index (χ0n) is 15.8. The standard InChI is InChI=1S/C22H22FN3O3/c23-19-2-1-3-20-22(19)18(12-24-20)16-8-10-26(11-9-16)13-15-4-6-17(7-5-15)29-14-21(27)25-28/h1-8,12,24,28H,9-11,13-14H2,(H,25,27). The van der Waals surface area contributed by atoms with Crippen LogP contribution in [0.1, 0.15) is 17.5 Å². The Balaban J connectivity index is 1.38. The summed E-state index contributed by atoms with van der Waals surface area (Å²) in [5, 5.41) is 9.14. The highest BCUT2D eigenvalue weighted by molar-refractivity contribution is 5.93. The summed E-state index contributed by atoms with van der Waals surface area (Å²) in [7, 11) is 0. The third kappa shape index (κ3) is 4.31. The second-order valence-electron chi connectivity index (χ2n) is 7.05. The topological polar surface area (TPSA) is 77.6 Å². The number of ether oxygens (including phenoxy) is 1. The maximum absolute atomic E-state index is 14.2. The van der Waals surface area contributed by atoms with Gasteiger partial charge < -0.3 is 9.72 Å². The number of fused-ring (bicyclic) bond motifs is 1. The van der Waals surface area contributed by atoms with Crippen molar-refractivity contribution in [2.75, 3.05) is 19.7 Å². The highest BCUT2D eigenvalue weighted by Crippen LogP contribution is 2.31. The molecule has 7 heteroatoms. The van der Waals surface area contributed by atoms with Gasteiger partial charge >= 0.3 is 0 Å². The number of H-pyrrole nitrogens is 1. The number of aromatic nitrogens is 1.